The highest BCUT2D eigenvalue weighted by Gasteiger charge is 2.33. The third kappa shape index (κ3) is 13.0. The maximum Gasteiger partial charge on any atom is 0.353 e. The molecule has 4 atom stereocenters. The normalized spacial score (nSPS) is 18.5. The Balaban J connectivity index is 3.29. The van der Waals surface area contributed by atoms with Crippen LogP contribution in [0, 0.1) is 11.3 Å². The van der Waals surface area contributed by atoms with Gasteiger partial charge in [0.15, 0.2) is 6.23 Å². The quantitative estimate of drug-likeness (QED) is 0.144. The van der Waals surface area contributed by atoms with Gasteiger partial charge in [-0.05, 0) is 39.8 Å². The predicted octanol–water partition coefficient (Wildman–Crippen LogP) is 3.51. The van der Waals surface area contributed by atoms with E-state index in [1.165, 1.54) is 43.3 Å². The van der Waals surface area contributed by atoms with Crippen LogP contribution in [0.15, 0.2) is 24.2 Å². The maximum absolute atomic E-state index is 12.8. The number of carbonyl (C=O) groups is 1. The Hall–Kier alpha value is -1.46. The van der Waals surface area contributed by atoms with E-state index >= 15 is 0 Å². The number of methoxy groups -OCH3 is 1. The van der Waals surface area contributed by atoms with Crippen molar-refractivity contribution in [2.75, 3.05) is 54.4 Å². The lowest BCUT2D eigenvalue weighted by atomic mass is 10.3. The molecule has 40 heavy (non-hydrogen) atoms. The molecule has 230 valence electrons. The first-order valence-electron chi connectivity index (χ1n) is 12.8. The summed E-state index contributed by atoms with van der Waals surface area (Å²) in [5.41, 5.74) is 0. The molecule has 1 rings (SSSR count). The van der Waals surface area contributed by atoms with Gasteiger partial charge in [-0.3, -0.25) is 9.46 Å². The summed E-state index contributed by atoms with van der Waals surface area (Å²) in [6.07, 6.45) is 1.41. The first-order chi connectivity index (χ1) is 19.0. The van der Waals surface area contributed by atoms with Gasteiger partial charge < -0.3 is 42.7 Å². The molecule has 0 bridgehead atoms. The number of nitriles is 1. The van der Waals surface area contributed by atoms with Gasteiger partial charge in [0, 0.05) is 45.4 Å². The van der Waals surface area contributed by atoms with Crippen molar-refractivity contribution < 1.29 is 46.8 Å². The fourth-order valence-electron chi connectivity index (χ4n) is 3.43. The van der Waals surface area contributed by atoms with E-state index in [-0.39, 0.29) is 44.9 Å². The van der Waals surface area contributed by atoms with Gasteiger partial charge >= 0.3 is 13.6 Å². The molecule has 0 saturated heterocycles. The van der Waals surface area contributed by atoms with Gasteiger partial charge in [0.2, 0.25) is 0 Å². The number of carbonyl (C=O) groups excluding carboxylic acids is 1. The van der Waals surface area contributed by atoms with Gasteiger partial charge in [-0.1, -0.05) is 0 Å². The van der Waals surface area contributed by atoms with E-state index in [1.54, 1.807) is 7.11 Å². The van der Waals surface area contributed by atoms with Gasteiger partial charge in [-0.2, -0.15) is 5.26 Å². The van der Waals surface area contributed by atoms with Crippen LogP contribution in [0.1, 0.15) is 34.1 Å². The van der Waals surface area contributed by atoms with Crippen molar-refractivity contribution in [3.63, 3.8) is 0 Å². The SMILES string of the molecule is COCCOC[C@@H](/C=C/P(=O)(OC)OC)O[C@H](COP(OCCC#N)N(C(C)C)C(C)C)N1C=CC(O)NC1=O. The van der Waals surface area contributed by atoms with Crippen LogP contribution in [0.4, 0.5) is 4.79 Å². The summed E-state index contributed by atoms with van der Waals surface area (Å²) in [5.74, 6) is 1.25. The molecule has 0 aromatic rings. The summed E-state index contributed by atoms with van der Waals surface area (Å²) in [7, 11) is -1.10. The Bertz CT molecular complexity index is 870. The second kappa shape index (κ2) is 19.6. The van der Waals surface area contributed by atoms with Crippen molar-refractivity contribution in [2.45, 2.75) is 64.8 Å². The lowest BCUT2D eigenvalue weighted by molar-refractivity contribution is -0.0981. The molecule has 1 aliphatic heterocycles. The standard InChI is InChI=1S/C24H44N4O10P2/c1-19(2)28(20(3)4)39(36-13-8-11-25)37-18-23(27-12-9-22(29)26-24(27)30)38-21(17-35-15-14-32-5)10-16-40(31,33-6)34-7/h9-10,12,16,19-23,29H,8,13-15,17-18H2,1-7H3,(H,26,30)/b16-10+/t21-,22?,23-,39?/m1/s1. The topological polar surface area (TPSA) is 161 Å². The fraction of sp³-hybridized carbons (Fsp3) is 0.750. The molecule has 2 unspecified atom stereocenters. The number of rotatable bonds is 21. The Morgan fingerprint density at radius 1 is 1.15 bits per heavy atom. The zero-order chi connectivity index (χ0) is 30.1. The third-order valence-electron chi connectivity index (χ3n) is 5.27. The minimum Gasteiger partial charge on any atom is -0.382 e. The second-order valence-electron chi connectivity index (χ2n) is 8.93. The van der Waals surface area contributed by atoms with Crippen molar-refractivity contribution in [1.82, 2.24) is 14.9 Å². The van der Waals surface area contributed by atoms with Crippen LogP contribution in [0.5, 0.6) is 0 Å². The Labute approximate surface area is 238 Å². The largest absolute Gasteiger partial charge is 0.382 e. The predicted molar refractivity (Wildman–Crippen MR) is 149 cm³/mol. The fourth-order valence-corrected chi connectivity index (χ4v) is 5.82. The van der Waals surface area contributed by atoms with E-state index in [0.717, 1.165) is 0 Å². The molecule has 0 aliphatic carbocycles. The molecule has 0 fully saturated rings. The average molecular weight is 611 g/mol. The first kappa shape index (κ1) is 36.6. The molecule has 0 aromatic heterocycles. The third-order valence-corrected chi connectivity index (χ3v) is 8.90. The molecule has 0 aromatic carbocycles. The van der Waals surface area contributed by atoms with Crippen molar-refractivity contribution in [3.05, 3.63) is 24.2 Å². The Morgan fingerprint density at radius 2 is 1.82 bits per heavy atom. The molecule has 2 N–H and O–H groups in total. The molecule has 16 heteroatoms. The van der Waals surface area contributed by atoms with E-state index in [9.17, 15) is 14.5 Å². The van der Waals surface area contributed by atoms with Crippen molar-refractivity contribution in [3.8, 4) is 6.07 Å². The number of hydrogen-bond acceptors (Lipinski definition) is 12. The van der Waals surface area contributed by atoms with Crippen LogP contribution in [0.2, 0.25) is 0 Å². The van der Waals surface area contributed by atoms with Crippen LogP contribution in [0.25, 0.3) is 0 Å². The lowest BCUT2D eigenvalue weighted by Gasteiger charge is -2.38. The summed E-state index contributed by atoms with van der Waals surface area (Å²) in [6, 6.07) is 1.55. The molecule has 14 nitrogen and oxygen atoms in total. The zero-order valence-corrected chi connectivity index (χ0v) is 26.1. The maximum atomic E-state index is 12.8. The van der Waals surface area contributed by atoms with E-state index in [1.807, 2.05) is 32.4 Å². The number of urea groups is 1. The number of amides is 2. The van der Waals surface area contributed by atoms with Gasteiger partial charge in [-0.25, -0.2) is 9.46 Å². The second-order valence-corrected chi connectivity index (χ2v) is 12.5. The molecular formula is C24H44N4O10P2. The molecule has 0 saturated carbocycles. The highest BCUT2D eigenvalue weighted by molar-refractivity contribution is 7.57. The van der Waals surface area contributed by atoms with Crippen LogP contribution in [-0.4, -0.2) is 106 Å². The monoisotopic (exact) mass is 610 g/mol. The summed E-state index contributed by atoms with van der Waals surface area (Å²) in [6.45, 7) is 8.67. The first-order valence-corrected chi connectivity index (χ1v) is 15.5. The summed E-state index contributed by atoms with van der Waals surface area (Å²) in [5, 5.41) is 21.2. The Morgan fingerprint density at radius 3 is 2.38 bits per heavy atom. The molecule has 1 heterocycles. The van der Waals surface area contributed by atoms with E-state index < -0.39 is 40.7 Å². The van der Waals surface area contributed by atoms with Crippen LogP contribution >= 0.6 is 16.1 Å². The summed E-state index contributed by atoms with van der Waals surface area (Å²) >= 11 is 0. The minimum atomic E-state index is -3.52. The van der Waals surface area contributed by atoms with Crippen LogP contribution in [0.3, 0.4) is 0 Å². The van der Waals surface area contributed by atoms with Gasteiger partial charge in [0.1, 0.15) is 18.9 Å². The number of aliphatic hydroxyl groups excluding tert-OH is 1. The number of nitrogens with one attached hydrogen (secondary N) is 1. The van der Waals surface area contributed by atoms with E-state index in [4.69, 9.17) is 37.6 Å². The Kier molecular flexibility index (Phi) is 17.9. The smallest absolute Gasteiger partial charge is 0.353 e. The van der Waals surface area contributed by atoms with Crippen molar-refractivity contribution >= 4 is 22.2 Å². The van der Waals surface area contributed by atoms with Crippen molar-refractivity contribution in [1.29, 1.82) is 5.26 Å². The van der Waals surface area contributed by atoms with E-state index in [0.29, 0.717) is 6.61 Å². The molecule has 0 spiro atoms. The van der Waals surface area contributed by atoms with Gasteiger partial charge in [0.25, 0.3) is 8.53 Å². The van der Waals surface area contributed by atoms with Crippen molar-refractivity contribution in [2.24, 2.45) is 0 Å². The average Bonchev–Trinajstić information content (AvgIpc) is 2.91. The zero-order valence-electron chi connectivity index (χ0n) is 24.3. The number of nitrogens with zero attached hydrogens (tertiary/aromatic N) is 3. The number of ether oxygens (including phenoxy) is 3. The molecule has 0 radical (unpaired) electrons. The number of aliphatic hydroxyl groups is 1. The highest BCUT2D eigenvalue weighted by atomic mass is 31.2. The minimum absolute atomic E-state index is 0.0170. The van der Waals surface area contributed by atoms with Gasteiger partial charge in [-0.15, -0.1) is 0 Å². The number of hydrogen-bond donors (Lipinski definition) is 2. The lowest BCUT2D eigenvalue weighted by Crippen LogP contribution is -2.52. The van der Waals surface area contributed by atoms with E-state index in [2.05, 4.69) is 11.4 Å². The molecule has 1 aliphatic rings. The molecular weight excluding hydrogens is 566 g/mol. The van der Waals surface area contributed by atoms with Crippen LogP contribution in [-0.2, 0) is 36.9 Å². The highest BCUT2D eigenvalue weighted by Crippen LogP contribution is 2.48. The molecule has 2 amide bonds. The van der Waals surface area contributed by atoms with Gasteiger partial charge in [0.05, 0.1) is 38.9 Å². The van der Waals surface area contributed by atoms with Crippen LogP contribution < -0.4 is 5.32 Å². The summed E-state index contributed by atoms with van der Waals surface area (Å²) < 4.78 is 53.7. The summed E-state index contributed by atoms with van der Waals surface area (Å²) in [4.78, 5) is 14.0.